The monoisotopic (exact) mass is 588 g/mol. The van der Waals surface area contributed by atoms with Crippen molar-refractivity contribution in [1.82, 2.24) is 19.5 Å². The van der Waals surface area contributed by atoms with Crippen molar-refractivity contribution in [2.75, 3.05) is 0 Å². The zero-order chi connectivity index (χ0) is 30.2. The number of benzene rings is 7. The van der Waals surface area contributed by atoms with Gasteiger partial charge in [0.2, 0.25) is 5.95 Å². The Bertz CT molecular complexity index is 2740. The Morgan fingerprint density at radius 1 is 0.391 bits per heavy atom. The summed E-state index contributed by atoms with van der Waals surface area (Å²) in [5, 5.41) is 6.84. The third-order valence-corrected chi connectivity index (χ3v) is 9.01. The number of hydrogen-bond acceptors (Lipinski definition) is 4. The molecule has 0 unspecified atom stereocenters. The minimum absolute atomic E-state index is 0.562. The fourth-order valence-electron chi connectivity index (χ4n) is 6.96. The molecule has 0 saturated heterocycles. The second-order valence-corrected chi connectivity index (χ2v) is 11.7. The van der Waals surface area contributed by atoms with Crippen LogP contribution < -0.4 is 0 Å². The predicted molar refractivity (Wildman–Crippen MR) is 186 cm³/mol. The number of hydrogen-bond donors (Lipinski definition) is 0. The molecule has 0 aliphatic rings. The van der Waals surface area contributed by atoms with Crippen LogP contribution in [0.5, 0.6) is 0 Å². The Balaban J connectivity index is 1.31. The van der Waals surface area contributed by atoms with E-state index in [2.05, 4.69) is 108 Å². The van der Waals surface area contributed by atoms with Gasteiger partial charge in [0.05, 0.1) is 16.4 Å². The SMILES string of the molecule is c1ccc(-c2cccc(-c3nc(-c4ccccc4)nc(-n4c5cccc6oc7cccc8ccc9ccc4c(c9c87)c65)n3)c2)cc1. The molecular formula is C41H24N4O. The third-order valence-electron chi connectivity index (χ3n) is 9.01. The van der Waals surface area contributed by atoms with Gasteiger partial charge in [-0.2, -0.15) is 9.97 Å². The summed E-state index contributed by atoms with van der Waals surface area (Å²) in [5.74, 6) is 1.80. The molecule has 3 heterocycles. The molecule has 0 N–H and O–H groups in total. The zero-order valence-corrected chi connectivity index (χ0v) is 24.6. The average Bonchev–Trinajstić information content (AvgIpc) is 3.39. The molecular weight excluding hydrogens is 564 g/mol. The zero-order valence-electron chi connectivity index (χ0n) is 24.6. The third kappa shape index (κ3) is 3.66. The summed E-state index contributed by atoms with van der Waals surface area (Å²) in [7, 11) is 0. The number of nitrogens with zero attached hydrogens (tertiary/aromatic N) is 4. The van der Waals surface area contributed by atoms with Crippen LogP contribution in [0.2, 0.25) is 0 Å². The molecule has 214 valence electrons. The Hall–Kier alpha value is -6.33. The Kier molecular flexibility index (Phi) is 5.22. The molecule has 0 fully saturated rings. The normalized spacial score (nSPS) is 11.9. The van der Waals surface area contributed by atoms with Crippen LogP contribution in [0.15, 0.2) is 150 Å². The van der Waals surface area contributed by atoms with Crippen molar-refractivity contribution in [3.63, 3.8) is 0 Å². The van der Waals surface area contributed by atoms with Gasteiger partial charge in [-0.3, -0.25) is 4.57 Å². The summed E-state index contributed by atoms with van der Waals surface area (Å²) >= 11 is 0. The molecule has 5 nitrogen and oxygen atoms in total. The van der Waals surface area contributed by atoms with Crippen LogP contribution in [0.3, 0.4) is 0 Å². The molecule has 10 rings (SSSR count). The first-order valence-electron chi connectivity index (χ1n) is 15.4. The molecule has 0 radical (unpaired) electrons. The fraction of sp³-hybridized carbons (Fsp3) is 0. The van der Waals surface area contributed by atoms with Gasteiger partial charge in [-0.25, -0.2) is 4.98 Å². The topological polar surface area (TPSA) is 56.7 Å². The van der Waals surface area contributed by atoms with Gasteiger partial charge < -0.3 is 4.42 Å². The quantitative estimate of drug-likeness (QED) is 0.192. The van der Waals surface area contributed by atoms with Crippen molar-refractivity contribution >= 4 is 54.5 Å². The lowest BCUT2D eigenvalue weighted by Gasteiger charge is -2.12. The van der Waals surface area contributed by atoms with E-state index in [0.717, 1.165) is 66.0 Å². The van der Waals surface area contributed by atoms with E-state index < -0.39 is 0 Å². The summed E-state index contributed by atoms with van der Waals surface area (Å²) in [6.07, 6.45) is 0. The van der Waals surface area contributed by atoms with Crippen molar-refractivity contribution < 1.29 is 4.42 Å². The summed E-state index contributed by atoms with van der Waals surface area (Å²) in [4.78, 5) is 15.4. The summed E-state index contributed by atoms with van der Waals surface area (Å²) in [6.45, 7) is 0. The lowest BCUT2D eigenvalue weighted by Crippen LogP contribution is -2.06. The summed E-state index contributed by atoms with van der Waals surface area (Å²) < 4.78 is 8.85. The van der Waals surface area contributed by atoms with Crippen LogP contribution in [0.1, 0.15) is 0 Å². The Labute approximate surface area is 263 Å². The number of aromatic nitrogens is 4. The van der Waals surface area contributed by atoms with Crippen LogP contribution >= 0.6 is 0 Å². The maximum Gasteiger partial charge on any atom is 0.238 e. The van der Waals surface area contributed by atoms with Gasteiger partial charge in [0.25, 0.3) is 0 Å². The van der Waals surface area contributed by atoms with E-state index >= 15 is 0 Å². The van der Waals surface area contributed by atoms with Gasteiger partial charge in [-0.1, -0.05) is 115 Å². The minimum atomic E-state index is 0.562. The highest BCUT2D eigenvalue weighted by molar-refractivity contribution is 6.33. The first-order valence-corrected chi connectivity index (χ1v) is 15.4. The second-order valence-electron chi connectivity index (χ2n) is 11.7. The van der Waals surface area contributed by atoms with Crippen LogP contribution in [-0.2, 0) is 0 Å². The maximum atomic E-state index is 6.68. The highest BCUT2D eigenvalue weighted by atomic mass is 16.3. The van der Waals surface area contributed by atoms with Crippen LogP contribution in [0.4, 0.5) is 0 Å². The molecule has 0 bridgehead atoms. The first kappa shape index (κ1) is 25.0. The highest BCUT2D eigenvalue weighted by Gasteiger charge is 2.23. The maximum absolute atomic E-state index is 6.68. The lowest BCUT2D eigenvalue weighted by atomic mass is 9.97. The van der Waals surface area contributed by atoms with Crippen molar-refractivity contribution in [2.45, 2.75) is 0 Å². The van der Waals surface area contributed by atoms with Gasteiger partial charge in [-0.05, 0) is 52.2 Å². The van der Waals surface area contributed by atoms with Crippen molar-refractivity contribution in [3.05, 3.63) is 146 Å². The van der Waals surface area contributed by atoms with Gasteiger partial charge in [0, 0.05) is 27.3 Å². The van der Waals surface area contributed by atoms with E-state index in [1.54, 1.807) is 0 Å². The molecule has 5 heteroatoms. The molecule has 0 aliphatic heterocycles. The van der Waals surface area contributed by atoms with Crippen LogP contribution in [-0.4, -0.2) is 19.5 Å². The highest BCUT2D eigenvalue weighted by Crippen LogP contribution is 2.44. The first-order chi connectivity index (χ1) is 22.8. The van der Waals surface area contributed by atoms with E-state index in [-0.39, 0.29) is 0 Å². The predicted octanol–water partition coefficient (Wildman–Crippen LogP) is 10.5. The second kappa shape index (κ2) is 9.58. The smallest absolute Gasteiger partial charge is 0.238 e. The number of rotatable bonds is 4. The molecule has 0 atom stereocenters. The van der Waals surface area contributed by atoms with E-state index in [9.17, 15) is 0 Å². The van der Waals surface area contributed by atoms with E-state index in [1.807, 2.05) is 42.5 Å². The molecule has 7 aromatic carbocycles. The van der Waals surface area contributed by atoms with E-state index in [1.165, 1.54) is 10.8 Å². The average molecular weight is 589 g/mol. The Morgan fingerprint density at radius 3 is 1.78 bits per heavy atom. The van der Waals surface area contributed by atoms with Crippen molar-refractivity contribution in [3.8, 4) is 39.9 Å². The summed E-state index contributed by atoms with van der Waals surface area (Å²) in [5.41, 5.74) is 7.81. The fourth-order valence-corrected chi connectivity index (χ4v) is 6.96. The van der Waals surface area contributed by atoms with Crippen molar-refractivity contribution in [2.24, 2.45) is 0 Å². The minimum Gasteiger partial charge on any atom is -0.456 e. The lowest BCUT2D eigenvalue weighted by molar-refractivity contribution is 0.664. The summed E-state index contributed by atoms with van der Waals surface area (Å²) in [6, 6.07) is 50.2. The largest absolute Gasteiger partial charge is 0.456 e. The molecule has 10 aromatic rings. The van der Waals surface area contributed by atoms with Gasteiger partial charge >= 0.3 is 0 Å². The van der Waals surface area contributed by atoms with Crippen LogP contribution in [0, 0.1) is 0 Å². The van der Waals surface area contributed by atoms with E-state index in [4.69, 9.17) is 19.4 Å². The Morgan fingerprint density at radius 2 is 0.978 bits per heavy atom. The standard InChI is InChI=1S/C41H24N4O/c1-3-10-25(11-4-1)29-15-7-16-30(24-29)40-42-39(28-12-5-2-6-13-28)43-41(44-40)45-31-17-9-19-34-37(31)38-32(45)23-22-27-21-20-26-14-8-18-33(46-34)35(26)36(27)38/h1-24H. The molecule has 0 amide bonds. The van der Waals surface area contributed by atoms with Crippen molar-refractivity contribution in [1.29, 1.82) is 0 Å². The van der Waals surface area contributed by atoms with Gasteiger partial charge in [0.1, 0.15) is 11.2 Å². The molecule has 0 spiro atoms. The molecule has 0 aliphatic carbocycles. The van der Waals surface area contributed by atoms with Gasteiger partial charge in [0.15, 0.2) is 11.6 Å². The van der Waals surface area contributed by atoms with E-state index in [0.29, 0.717) is 17.6 Å². The van der Waals surface area contributed by atoms with Crippen LogP contribution in [0.25, 0.3) is 94.4 Å². The molecule has 0 saturated carbocycles. The molecule has 3 aromatic heterocycles. The molecule has 46 heavy (non-hydrogen) atoms. The van der Waals surface area contributed by atoms with Gasteiger partial charge in [-0.15, -0.1) is 0 Å².